The summed E-state index contributed by atoms with van der Waals surface area (Å²) in [6.07, 6.45) is 6.11. The van der Waals surface area contributed by atoms with E-state index in [0.717, 1.165) is 24.8 Å². The molecule has 0 spiro atoms. The number of sulfone groups is 1. The highest BCUT2D eigenvalue weighted by atomic mass is 32.2. The van der Waals surface area contributed by atoms with Crippen molar-refractivity contribution in [2.45, 2.75) is 25.3 Å². The summed E-state index contributed by atoms with van der Waals surface area (Å²) < 4.78 is 24.8. The van der Waals surface area contributed by atoms with E-state index in [4.69, 9.17) is 5.73 Å². The molecule has 16 heavy (non-hydrogen) atoms. The molecule has 0 bridgehead atoms. The lowest BCUT2D eigenvalue weighted by molar-refractivity contribution is 0.435. The first-order valence-electron chi connectivity index (χ1n) is 5.54. The van der Waals surface area contributed by atoms with E-state index in [-0.39, 0.29) is 11.8 Å². The van der Waals surface area contributed by atoms with Gasteiger partial charge in [-0.05, 0) is 31.4 Å². The van der Waals surface area contributed by atoms with Gasteiger partial charge in [0.2, 0.25) is 0 Å². The van der Waals surface area contributed by atoms with Crippen molar-refractivity contribution in [2.75, 3.05) is 18.1 Å². The highest BCUT2D eigenvalue weighted by Crippen LogP contribution is 2.22. The van der Waals surface area contributed by atoms with Gasteiger partial charge in [0.15, 0.2) is 9.84 Å². The highest BCUT2D eigenvalue weighted by molar-refractivity contribution is 7.91. The van der Waals surface area contributed by atoms with Crippen molar-refractivity contribution in [3.05, 3.63) is 18.0 Å². The van der Waals surface area contributed by atoms with Crippen molar-refractivity contribution in [2.24, 2.45) is 5.73 Å². The Morgan fingerprint density at radius 2 is 2.38 bits per heavy atom. The molecule has 0 saturated carbocycles. The number of nitrogens with zero attached hydrogens (tertiary/aromatic N) is 2. The van der Waals surface area contributed by atoms with Crippen LogP contribution in [0.4, 0.5) is 0 Å². The quantitative estimate of drug-likeness (QED) is 0.818. The van der Waals surface area contributed by atoms with E-state index in [2.05, 4.69) is 5.10 Å². The maximum atomic E-state index is 11.5. The minimum absolute atomic E-state index is 0.00488. The van der Waals surface area contributed by atoms with Gasteiger partial charge in [0.1, 0.15) is 0 Å². The van der Waals surface area contributed by atoms with Crippen LogP contribution in [0, 0.1) is 0 Å². The average Bonchev–Trinajstić information content (AvgIpc) is 2.65. The smallest absolute Gasteiger partial charge is 0.152 e. The Hall–Kier alpha value is -0.880. The zero-order valence-corrected chi connectivity index (χ0v) is 9.99. The highest BCUT2D eigenvalue weighted by Gasteiger charge is 2.26. The van der Waals surface area contributed by atoms with E-state index < -0.39 is 9.84 Å². The van der Waals surface area contributed by atoms with Crippen molar-refractivity contribution < 1.29 is 8.42 Å². The molecule has 0 amide bonds. The molecule has 2 rings (SSSR count). The van der Waals surface area contributed by atoms with E-state index in [1.165, 1.54) is 0 Å². The molecule has 0 aliphatic carbocycles. The molecule has 1 unspecified atom stereocenters. The third-order valence-electron chi connectivity index (χ3n) is 2.90. The Balaban J connectivity index is 2.11. The fourth-order valence-corrected chi connectivity index (χ4v) is 3.76. The SMILES string of the molecule is NCCc1cnn(C2CCCS(=O)(=O)C2)c1. The van der Waals surface area contributed by atoms with Gasteiger partial charge < -0.3 is 5.73 Å². The molecule has 1 aliphatic rings. The Labute approximate surface area is 95.6 Å². The van der Waals surface area contributed by atoms with Crippen LogP contribution >= 0.6 is 0 Å². The standard InChI is InChI=1S/C10H17N3O2S/c11-4-3-9-6-12-13(7-9)10-2-1-5-16(14,15)8-10/h6-7,10H,1-5,8,11H2. The van der Waals surface area contributed by atoms with Crippen molar-refractivity contribution in [1.29, 1.82) is 0 Å². The predicted octanol–water partition coefficient (Wildman–Crippen LogP) is 0.134. The predicted molar refractivity (Wildman–Crippen MR) is 61.9 cm³/mol. The van der Waals surface area contributed by atoms with Crippen LogP contribution in [0.15, 0.2) is 12.4 Å². The molecule has 1 saturated heterocycles. The second kappa shape index (κ2) is 4.55. The van der Waals surface area contributed by atoms with Crippen molar-refractivity contribution in [3.8, 4) is 0 Å². The van der Waals surface area contributed by atoms with E-state index in [1.807, 2.05) is 6.20 Å². The lowest BCUT2D eigenvalue weighted by Gasteiger charge is -2.22. The molecule has 0 radical (unpaired) electrons. The van der Waals surface area contributed by atoms with Gasteiger partial charge in [0.25, 0.3) is 0 Å². The van der Waals surface area contributed by atoms with Crippen molar-refractivity contribution in [3.63, 3.8) is 0 Å². The topological polar surface area (TPSA) is 78.0 Å². The van der Waals surface area contributed by atoms with E-state index in [1.54, 1.807) is 10.9 Å². The largest absolute Gasteiger partial charge is 0.330 e. The Morgan fingerprint density at radius 1 is 1.56 bits per heavy atom. The summed E-state index contributed by atoms with van der Waals surface area (Å²) in [5, 5.41) is 4.22. The van der Waals surface area contributed by atoms with Crippen molar-refractivity contribution >= 4 is 9.84 Å². The lowest BCUT2D eigenvalue weighted by Crippen LogP contribution is -2.27. The number of aromatic nitrogens is 2. The molecular weight excluding hydrogens is 226 g/mol. The van der Waals surface area contributed by atoms with E-state index in [9.17, 15) is 8.42 Å². The number of hydrogen-bond acceptors (Lipinski definition) is 4. The fourth-order valence-electron chi connectivity index (χ4n) is 2.08. The lowest BCUT2D eigenvalue weighted by atomic mass is 10.2. The van der Waals surface area contributed by atoms with Crippen LogP contribution in [0.1, 0.15) is 24.4 Å². The zero-order chi connectivity index (χ0) is 11.6. The zero-order valence-electron chi connectivity index (χ0n) is 9.17. The first kappa shape index (κ1) is 11.6. The molecule has 6 heteroatoms. The van der Waals surface area contributed by atoms with Gasteiger partial charge in [-0.15, -0.1) is 0 Å². The first-order valence-corrected chi connectivity index (χ1v) is 7.36. The molecule has 2 N–H and O–H groups in total. The molecule has 1 atom stereocenters. The minimum Gasteiger partial charge on any atom is -0.330 e. The molecule has 2 heterocycles. The van der Waals surface area contributed by atoms with Gasteiger partial charge in [-0.25, -0.2) is 8.42 Å². The number of hydrogen-bond donors (Lipinski definition) is 1. The van der Waals surface area contributed by atoms with E-state index in [0.29, 0.717) is 12.3 Å². The molecule has 0 aromatic carbocycles. The van der Waals surface area contributed by atoms with Gasteiger partial charge >= 0.3 is 0 Å². The fraction of sp³-hybridized carbons (Fsp3) is 0.700. The van der Waals surface area contributed by atoms with Gasteiger partial charge in [-0.2, -0.15) is 5.10 Å². The van der Waals surface area contributed by atoms with Crippen LogP contribution in [-0.4, -0.2) is 36.2 Å². The average molecular weight is 243 g/mol. The van der Waals surface area contributed by atoms with Gasteiger partial charge in [-0.3, -0.25) is 4.68 Å². The minimum atomic E-state index is -2.87. The van der Waals surface area contributed by atoms with Crippen LogP contribution in [0.5, 0.6) is 0 Å². The summed E-state index contributed by atoms with van der Waals surface area (Å²) >= 11 is 0. The van der Waals surface area contributed by atoms with E-state index >= 15 is 0 Å². The number of rotatable bonds is 3. The van der Waals surface area contributed by atoms with Crippen LogP contribution in [0.2, 0.25) is 0 Å². The van der Waals surface area contributed by atoms with Crippen LogP contribution in [-0.2, 0) is 16.3 Å². The van der Waals surface area contributed by atoms with Crippen LogP contribution in [0.3, 0.4) is 0 Å². The summed E-state index contributed by atoms with van der Waals surface area (Å²) in [5.41, 5.74) is 6.53. The summed E-state index contributed by atoms with van der Waals surface area (Å²) in [6, 6.07) is 0.00488. The van der Waals surface area contributed by atoms with Gasteiger partial charge in [0, 0.05) is 6.20 Å². The van der Waals surface area contributed by atoms with Crippen LogP contribution in [0.25, 0.3) is 0 Å². The molecule has 90 valence electrons. The summed E-state index contributed by atoms with van der Waals surface area (Å²) in [6.45, 7) is 0.592. The summed E-state index contributed by atoms with van der Waals surface area (Å²) in [7, 11) is -2.87. The third-order valence-corrected chi connectivity index (χ3v) is 4.70. The van der Waals surface area contributed by atoms with Gasteiger partial charge in [0.05, 0.1) is 23.7 Å². The molecular formula is C10H17N3O2S. The Bertz CT molecular complexity index is 452. The first-order chi connectivity index (χ1) is 7.61. The van der Waals surface area contributed by atoms with Crippen molar-refractivity contribution in [1.82, 2.24) is 9.78 Å². The molecule has 1 aromatic rings. The molecule has 1 aliphatic heterocycles. The Morgan fingerprint density at radius 3 is 3.06 bits per heavy atom. The second-order valence-corrected chi connectivity index (χ2v) is 6.51. The van der Waals surface area contributed by atoms with Crippen LogP contribution < -0.4 is 5.73 Å². The molecule has 5 nitrogen and oxygen atoms in total. The summed E-state index contributed by atoms with van der Waals surface area (Å²) in [5.74, 6) is 0.539. The maximum absolute atomic E-state index is 11.5. The monoisotopic (exact) mass is 243 g/mol. The second-order valence-electron chi connectivity index (χ2n) is 4.28. The third kappa shape index (κ3) is 2.62. The molecule has 1 aromatic heterocycles. The number of nitrogens with two attached hydrogens (primary N) is 1. The Kier molecular flexibility index (Phi) is 3.30. The summed E-state index contributed by atoms with van der Waals surface area (Å²) in [4.78, 5) is 0. The maximum Gasteiger partial charge on any atom is 0.152 e. The van der Waals surface area contributed by atoms with Gasteiger partial charge in [-0.1, -0.05) is 0 Å². The molecule has 1 fully saturated rings. The normalized spacial score (nSPS) is 24.4.